The molecule has 0 amide bonds. The minimum Gasteiger partial charge on any atom is -0.366 e. The number of nitrogen functional groups attached to an aromatic ring is 1. The molecule has 2 aromatic carbocycles. The summed E-state index contributed by atoms with van der Waals surface area (Å²) in [4.78, 5) is 4.24. The summed E-state index contributed by atoms with van der Waals surface area (Å²) in [6, 6.07) is 25.0. The molecule has 126 valence electrons. The highest BCUT2D eigenvalue weighted by Crippen LogP contribution is 2.26. The number of fused-ring (bicyclic) bond motifs is 2. The van der Waals surface area contributed by atoms with Crippen molar-refractivity contribution in [2.45, 2.75) is 6.54 Å². The van der Waals surface area contributed by atoms with E-state index in [4.69, 9.17) is 5.73 Å². The summed E-state index contributed by atoms with van der Waals surface area (Å²) in [5, 5.41) is 5.51. The Hall–Kier alpha value is -3.60. The van der Waals surface area contributed by atoms with E-state index >= 15 is 0 Å². The lowest BCUT2D eigenvalue weighted by Gasteiger charge is -2.08. The largest absolute Gasteiger partial charge is 0.366 e. The zero-order valence-corrected chi connectivity index (χ0v) is 14.1. The molecule has 0 aliphatic carbocycles. The fourth-order valence-corrected chi connectivity index (χ4v) is 3.42. The molecule has 0 bridgehead atoms. The Morgan fingerprint density at radius 2 is 1.77 bits per heavy atom. The summed E-state index contributed by atoms with van der Waals surface area (Å²) in [6.07, 6.45) is 2.13. The Labute approximate surface area is 150 Å². The molecule has 0 saturated carbocycles. The van der Waals surface area contributed by atoms with Crippen molar-refractivity contribution in [1.82, 2.24) is 19.2 Å². The Morgan fingerprint density at radius 1 is 0.885 bits per heavy atom. The predicted molar refractivity (Wildman–Crippen MR) is 104 cm³/mol. The van der Waals surface area contributed by atoms with Crippen molar-refractivity contribution >= 4 is 22.5 Å². The highest BCUT2D eigenvalue weighted by atomic mass is 15.3. The van der Waals surface area contributed by atoms with E-state index < -0.39 is 0 Å². The molecule has 2 N–H and O–H groups in total. The van der Waals surface area contributed by atoms with Gasteiger partial charge >= 0.3 is 0 Å². The molecule has 0 radical (unpaired) electrons. The zero-order valence-electron chi connectivity index (χ0n) is 14.1. The van der Waals surface area contributed by atoms with Gasteiger partial charge in [0.25, 0.3) is 0 Å². The molecule has 3 heterocycles. The van der Waals surface area contributed by atoms with Gasteiger partial charge in [0.15, 0.2) is 5.65 Å². The SMILES string of the molecule is Nc1nc2cccc(-c3ccc4c(ccn4Cc4ccccc4)c3)n2n1. The lowest BCUT2D eigenvalue weighted by molar-refractivity contribution is 0.837. The molecule has 5 nitrogen and oxygen atoms in total. The normalized spacial score (nSPS) is 11.4. The van der Waals surface area contributed by atoms with E-state index in [1.54, 1.807) is 4.52 Å². The first kappa shape index (κ1) is 14.7. The van der Waals surface area contributed by atoms with Gasteiger partial charge in [-0.2, -0.15) is 4.98 Å². The van der Waals surface area contributed by atoms with Crippen molar-refractivity contribution in [2.75, 3.05) is 5.73 Å². The fourth-order valence-electron chi connectivity index (χ4n) is 3.42. The number of rotatable bonds is 3. The van der Waals surface area contributed by atoms with Gasteiger partial charge in [0.1, 0.15) is 0 Å². The number of anilines is 1. The second-order valence-electron chi connectivity index (χ2n) is 6.35. The fraction of sp³-hybridized carbons (Fsp3) is 0.0476. The smallest absolute Gasteiger partial charge is 0.240 e. The van der Waals surface area contributed by atoms with Crippen LogP contribution in [-0.4, -0.2) is 19.2 Å². The maximum Gasteiger partial charge on any atom is 0.240 e. The van der Waals surface area contributed by atoms with E-state index in [9.17, 15) is 0 Å². The Kier molecular flexibility index (Phi) is 3.25. The van der Waals surface area contributed by atoms with E-state index in [1.807, 2.05) is 24.3 Å². The number of pyridine rings is 1. The molecule has 0 fully saturated rings. The number of nitrogens with zero attached hydrogens (tertiary/aromatic N) is 4. The van der Waals surface area contributed by atoms with E-state index in [1.165, 1.54) is 16.5 Å². The van der Waals surface area contributed by atoms with Crippen LogP contribution in [0.4, 0.5) is 5.95 Å². The van der Waals surface area contributed by atoms with Crippen LogP contribution in [0.2, 0.25) is 0 Å². The van der Waals surface area contributed by atoms with Crippen molar-refractivity contribution in [1.29, 1.82) is 0 Å². The Bertz CT molecular complexity index is 1220. The van der Waals surface area contributed by atoms with Crippen LogP contribution in [-0.2, 0) is 6.54 Å². The minimum atomic E-state index is 0.285. The summed E-state index contributed by atoms with van der Waals surface area (Å²) in [7, 11) is 0. The quantitative estimate of drug-likeness (QED) is 0.541. The molecule has 5 rings (SSSR count). The molecule has 0 aliphatic heterocycles. The highest BCUT2D eigenvalue weighted by Gasteiger charge is 2.09. The average Bonchev–Trinajstić information content (AvgIpc) is 3.24. The second kappa shape index (κ2) is 5.74. The van der Waals surface area contributed by atoms with Crippen LogP contribution >= 0.6 is 0 Å². The molecular formula is C21H17N5. The lowest BCUT2D eigenvalue weighted by Crippen LogP contribution is -1.98. The van der Waals surface area contributed by atoms with Gasteiger partial charge in [-0.3, -0.25) is 0 Å². The third-order valence-corrected chi connectivity index (χ3v) is 4.64. The summed E-state index contributed by atoms with van der Waals surface area (Å²) < 4.78 is 4.06. The molecule has 3 aromatic heterocycles. The van der Waals surface area contributed by atoms with Crippen LogP contribution in [0.5, 0.6) is 0 Å². The first-order chi connectivity index (χ1) is 12.8. The first-order valence-electron chi connectivity index (χ1n) is 8.52. The summed E-state index contributed by atoms with van der Waals surface area (Å²) in [5.41, 5.74) is 11.1. The van der Waals surface area contributed by atoms with E-state index in [0.29, 0.717) is 0 Å². The molecular weight excluding hydrogens is 322 g/mol. The molecule has 0 saturated heterocycles. The number of nitrogens with two attached hydrogens (primary N) is 1. The van der Waals surface area contributed by atoms with Gasteiger partial charge in [0, 0.05) is 29.2 Å². The van der Waals surface area contributed by atoms with Crippen LogP contribution in [0.1, 0.15) is 5.56 Å². The van der Waals surface area contributed by atoms with Crippen molar-refractivity contribution in [3.63, 3.8) is 0 Å². The van der Waals surface area contributed by atoms with Crippen molar-refractivity contribution in [2.24, 2.45) is 0 Å². The van der Waals surface area contributed by atoms with Gasteiger partial charge < -0.3 is 10.3 Å². The van der Waals surface area contributed by atoms with Gasteiger partial charge in [0.05, 0.1) is 5.69 Å². The number of hydrogen-bond acceptors (Lipinski definition) is 3. The number of hydrogen-bond donors (Lipinski definition) is 1. The zero-order chi connectivity index (χ0) is 17.5. The van der Waals surface area contributed by atoms with Crippen LogP contribution < -0.4 is 5.73 Å². The molecule has 5 heteroatoms. The van der Waals surface area contributed by atoms with Crippen LogP contribution in [0.25, 0.3) is 27.8 Å². The van der Waals surface area contributed by atoms with Gasteiger partial charge in [-0.15, -0.1) is 5.10 Å². The van der Waals surface area contributed by atoms with Gasteiger partial charge in [-0.05, 0) is 35.9 Å². The Morgan fingerprint density at radius 3 is 2.65 bits per heavy atom. The van der Waals surface area contributed by atoms with Crippen LogP contribution in [0.15, 0.2) is 79.0 Å². The lowest BCUT2D eigenvalue weighted by atomic mass is 10.1. The number of aromatic nitrogens is 4. The van der Waals surface area contributed by atoms with E-state index in [0.717, 1.165) is 23.4 Å². The Balaban J connectivity index is 1.58. The van der Waals surface area contributed by atoms with Gasteiger partial charge in [0.2, 0.25) is 5.95 Å². The van der Waals surface area contributed by atoms with E-state index in [-0.39, 0.29) is 5.95 Å². The second-order valence-corrected chi connectivity index (χ2v) is 6.35. The summed E-state index contributed by atoms with van der Waals surface area (Å²) in [6.45, 7) is 0.860. The van der Waals surface area contributed by atoms with Crippen molar-refractivity contribution in [3.05, 3.63) is 84.6 Å². The van der Waals surface area contributed by atoms with Gasteiger partial charge in [-0.25, -0.2) is 4.52 Å². The standard InChI is InChI=1S/C21H17N5/c22-21-23-20-8-4-7-19(26(20)24-21)16-9-10-18-17(13-16)11-12-25(18)14-15-5-2-1-3-6-15/h1-13H,14H2,(H2,22,24). The van der Waals surface area contributed by atoms with Crippen LogP contribution in [0, 0.1) is 0 Å². The van der Waals surface area contributed by atoms with Crippen molar-refractivity contribution < 1.29 is 0 Å². The maximum atomic E-state index is 5.76. The molecule has 26 heavy (non-hydrogen) atoms. The number of benzene rings is 2. The molecule has 0 aliphatic rings. The summed E-state index contributed by atoms with van der Waals surface area (Å²) >= 11 is 0. The van der Waals surface area contributed by atoms with Crippen molar-refractivity contribution in [3.8, 4) is 11.3 Å². The van der Waals surface area contributed by atoms with E-state index in [2.05, 4.69) is 69.4 Å². The summed E-state index contributed by atoms with van der Waals surface area (Å²) in [5.74, 6) is 0.285. The third kappa shape index (κ3) is 2.41. The van der Waals surface area contributed by atoms with Gasteiger partial charge in [-0.1, -0.05) is 42.5 Å². The average molecular weight is 339 g/mol. The monoisotopic (exact) mass is 339 g/mol. The van der Waals surface area contributed by atoms with Crippen LogP contribution in [0.3, 0.4) is 0 Å². The topological polar surface area (TPSA) is 61.1 Å². The minimum absolute atomic E-state index is 0.285. The first-order valence-corrected chi connectivity index (χ1v) is 8.52. The molecule has 0 atom stereocenters. The predicted octanol–water partition coefficient (Wildman–Crippen LogP) is 3.98. The molecule has 0 spiro atoms. The third-order valence-electron chi connectivity index (χ3n) is 4.64. The molecule has 0 unspecified atom stereocenters. The molecule has 5 aromatic rings. The maximum absolute atomic E-state index is 5.76. The highest BCUT2D eigenvalue weighted by molar-refractivity contribution is 5.85.